The molecule has 2 nitrogen and oxygen atoms in total. The quantitative estimate of drug-likeness (QED) is 0.172. The zero-order valence-corrected chi connectivity index (χ0v) is 19.1. The Hall–Kier alpha value is -3.95. The van der Waals surface area contributed by atoms with Gasteiger partial charge in [-0.25, -0.2) is 8.42 Å². The molecule has 1 heterocycles. The highest BCUT2D eigenvalue weighted by atomic mass is 32.2. The number of sulfone groups is 1. The van der Waals surface area contributed by atoms with E-state index in [0.717, 1.165) is 61.0 Å². The summed E-state index contributed by atoms with van der Waals surface area (Å²) in [4.78, 5) is 0.787. The van der Waals surface area contributed by atoms with Gasteiger partial charge in [-0.15, -0.1) is 0 Å². The lowest BCUT2D eigenvalue weighted by molar-refractivity contribution is 0.597. The summed E-state index contributed by atoms with van der Waals surface area (Å²) >= 11 is 0. The third-order valence-corrected chi connectivity index (χ3v) is 9.66. The van der Waals surface area contributed by atoms with Gasteiger partial charge in [0.1, 0.15) is 0 Å². The van der Waals surface area contributed by atoms with Crippen molar-refractivity contribution in [2.24, 2.45) is 0 Å². The van der Waals surface area contributed by atoms with E-state index in [4.69, 9.17) is 0 Å². The number of fused-ring (bicyclic) bond motifs is 4. The Morgan fingerprint density at radius 3 is 1.68 bits per heavy atom. The first-order chi connectivity index (χ1) is 16.5. The monoisotopic (exact) mass is 454 g/mol. The Bertz CT molecular complexity index is 2010. The van der Waals surface area contributed by atoms with Crippen molar-refractivity contribution in [3.8, 4) is 11.1 Å². The highest BCUT2D eigenvalue weighted by molar-refractivity contribution is 7.92. The summed E-state index contributed by atoms with van der Waals surface area (Å²) in [5.41, 5.74) is 6.33. The van der Waals surface area contributed by atoms with Gasteiger partial charge < -0.3 is 0 Å². The van der Waals surface area contributed by atoms with E-state index in [1.54, 1.807) is 18.2 Å². The van der Waals surface area contributed by atoms with Crippen LogP contribution < -0.4 is 0 Å². The molecule has 160 valence electrons. The molecule has 0 N–H and O–H groups in total. The number of rotatable bonds is 0. The van der Waals surface area contributed by atoms with E-state index >= 15 is 0 Å². The third-order valence-electron chi connectivity index (χ3n) is 7.81. The lowest BCUT2D eigenvalue weighted by atomic mass is 9.79. The van der Waals surface area contributed by atoms with E-state index in [1.807, 2.05) is 18.2 Å². The van der Waals surface area contributed by atoms with Crippen molar-refractivity contribution in [2.75, 3.05) is 0 Å². The van der Waals surface area contributed by atoms with E-state index in [1.165, 1.54) is 21.9 Å². The molecule has 0 fully saturated rings. The Morgan fingerprint density at radius 1 is 0.500 bits per heavy atom. The fourth-order valence-electron chi connectivity index (χ4n) is 6.38. The van der Waals surface area contributed by atoms with Crippen molar-refractivity contribution >= 4 is 64.1 Å². The summed E-state index contributed by atoms with van der Waals surface area (Å²) in [6.07, 6.45) is 0.789. The van der Waals surface area contributed by atoms with Gasteiger partial charge in [-0.1, -0.05) is 73.8 Å². The summed E-state index contributed by atoms with van der Waals surface area (Å²) in [5, 5.41) is 8.75. The maximum atomic E-state index is 13.6. The number of allylic oxidation sites excluding steroid dienone is 2. The number of benzene rings is 6. The van der Waals surface area contributed by atoms with Crippen LogP contribution in [0.3, 0.4) is 0 Å². The van der Waals surface area contributed by atoms with Crippen molar-refractivity contribution < 1.29 is 8.42 Å². The maximum absolute atomic E-state index is 13.6. The van der Waals surface area contributed by atoms with Crippen LogP contribution >= 0.6 is 0 Å². The molecule has 2 aliphatic rings. The third kappa shape index (κ3) is 1.93. The predicted octanol–water partition coefficient (Wildman–Crippen LogP) is 7.98. The highest BCUT2D eigenvalue weighted by Gasteiger charge is 2.32. The fraction of sp³-hybridized carbons (Fsp3) is 0.0323. The molecule has 0 unspecified atom stereocenters. The van der Waals surface area contributed by atoms with Gasteiger partial charge in [-0.3, -0.25) is 0 Å². The standard InChI is InChI=1S/C31H18O2S/c1-16-15-17(2)19-8-10-23-25-13-14-27-31-21(20-5-3-4-6-26(20)34(27,32)33)11-12-24(30(25)31)22-9-7-18(16)28(19)29(22)23/h3-14H,1-2,15H2. The first kappa shape index (κ1) is 18.5. The molecule has 0 saturated carbocycles. The van der Waals surface area contributed by atoms with Crippen LogP contribution in [0.25, 0.3) is 65.4 Å². The van der Waals surface area contributed by atoms with Gasteiger partial charge >= 0.3 is 0 Å². The van der Waals surface area contributed by atoms with Crippen LogP contribution in [0.4, 0.5) is 0 Å². The van der Waals surface area contributed by atoms with Crippen LogP contribution in [-0.2, 0) is 9.84 Å². The average Bonchev–Trinajstić information content (AvgIpc) is 2.85. The minimum Gasteiger partial charge on any atom is -0.218 e. The fourth-order valence-corrected chi connectivity index (χ4v) is 8.08. The van der Waals surface area contributed by atoms with Crippen molar-refractivity contribution in [2.45, 2.75) is 16.2 Å². The molecule has 1 aliphatic heterocycles. The van der Waals surface area contributed by atoms with E-state index in [-0.39, 0.29) is 0 Å². The Balaban J connectivity index is 1.68. The van der Waals surface area contributed by atoms with Crippen LogP contribution in [0.5, 0.6) is 0 Å². The van der Waals surface area contributed by atoms with Crippen molar-refractivity contribution in [3.05, 3.63) is 97.1 Å². The van der Waals surface area contributed by atoms with Gasteiger partial charge in [0.2, 0.25) is 9.84 Å². The first-order valence-corrected chi connectivity index (χ1v) is 12.9. The molecule has 0 spiro atoms. The van der Waals surface area contributed by atoms with Crippen LogP contribution in [0.1, 0.15) is 17.5 Å². The molecule has 0 radical (unpaired) electrons. The largest absolute Gasteiger partial charge is 0.218 e. The molecule has 0 saturated heterocycles. The second-order valence-electron chi connectivity index (χ2n) is 9.48. The lowest BCUT2D eigenvalue weighted by Gasteiger charge is -2.26. The molecular formula is C31H18O2S. The van der Waals surface area contributed by atoms with Crippen molar-refractivity contribution in [3.63, 3.8) is 0 Å². The minimum absolute atomic E-state index is 0.386. The van der Waals surface area contributed by atoms with Gasteiger partial charge in [0.15, 0.2) is 0 Å². The zero-order chi connectivity index (χ0) is 22.9. The molecular weight excluding hydrogens is 436 g/mol. The molecule has 6 aromatic carbocycles. The summed E-state index contributed by atoms with van der Waals surface area (Å²) in [6.45, 7) is 8.65. The minimum atomic E-state index is -3.60. The van der Waals surface area contributed by atoms with Gasteiger partial charge in [0, 0.05) is 10.9 Å². The summed E-state index contributed by atoms with van der Waals surface area (Å²) < 4.78 is 27.3. The topological polar surface area (TPSA) is 34.1 Å². The molecule has 0 bridgehead atoms. The van der Waals surface area contributed by atoms with Crippen LogP contribution in [0.15, 0.2) is 95.7 Å². The molecule has 34 heavy (non-hydrogen) atoms. The van der Waals surface area contributed by atoms with Crippen LogP contribution in [0, 0.1) is 0 Å². The molecule has 6 aromatic rings. The van der Waals surface area contributed by atoms with Crippen molar-refractivity contribution in [1.29, 1.82) is 0 Å². The highest BCUT2D eigenvalue weighted by Crippen LogP contribution is 2.52. The maximum Gasteiger partial charge on any atom is 0.207 e. The van der Waals surface area contributed by atoms with Crippen LogP contribution in [-0.4, -0.2) is 8.42 Å². The molecule has 0 amide bonds. The van der Waals surface area contributed by atoms with E-state index in [0.29, 0.717) is 9.79 Å². The lowest BCUT2D eigenvalue weighted by Crippen LogP contribution is -2.10. The second kappa shape index (κ2) is 5.75. The van der Waals surface area contributed by atoms with Gasteiger partial charge in [-0.2, -0.15) is 0 Å². The predicted molar refractivity (Wildman–Crippen MR) is 141 cm³/mol. The summed E-state index contributed by atoms with van der Waals surface area (Å²) in [6, 6.07) is 24.1. The van der Waals surface area contributed by atoms with E-state index < -0.39 is 9.84 Å². The first-order valence-electron chi connectivity index (χ1n) is 11.4. The van der Waals surface area contributed by atoms with Crippen molar-refractivity contribution in [1.82, 2.24) is 0 Å². The molecule has 0 atom stereocenters. The van der Waals surface area contributed by atoms with Gasteiger partial charge in [0.05, 0.1) is 9.79 Å². The van der Waals surface area contributed by atoms with E-state index in [2.05, 4.69) is 49.6 Å². The summed E-state index contributed by atoms with van der Waals surface area (Å²) in [5.74, 6) is 0. The van der Waals surface area contributed by atoms with E-state index in [9.17, 15) is 8.42 Å². The normalized spacial score (nSPS) is 16.1. The second-order valence-corrected chi connectivity index (χ2v) is 11.4. The Morgan fingerprint density at radius 2 is 1.03 bits per heavy atom. The average molecular weight is 455 g/mol. The van der Waals surface area contributed by atoms with Gasteiger partial charge in [0.25, 0.3) is 0 Å². The molecule has 3 heteroatoms. The van der Waals surface area contributed by atoms with Gasteiger partial charge in [-0.05, 0) is 84.1 Å². The molecule has 8 rings (SSSR count). The zero-order valence-electron chi connectivity index (χ0n) is 18.3. The summed E-state index contributed by atoms with van der Waals surface area (Å²) in [7, 11) is -3.60. The SMILES string of the molecule is C=C1CC(=C)c2ccc3c4ccc5c6c(ccc(c7ccc1c2c73)c64)-c1ccccc1S5(=O)=O. The molecule has 1 aliphatic carbocycles. The molecule has 0 aromatic heterocycles. The number of hydrogen-bond acceptors (Lipinski definition) is 2. The Kier molecular flexibility index (Phi) is 3.12. The van der Waals surface area contributed by atoms with Crippen LogP contribution in [0.2, 0.25) is 0 Å². The smallest absolute Gasteiger partial charge is 0.207 e. The Labute approximate surface area is 196 Å². The number of hydrogen-bond donors (Lipinski definition) is 0.